The van der Waals surface area contributed by atoms with Gasteiger partial charge in [-0.1, -0.05) is 12.1 Å². The molecule has 3 rings (SSSR count). The highest BCUT2D eigenvalue weighted by Crippen LogP contribution is 2.22. The minimum Gasteiger partial charge on any atom is -0.368 e. The number of rotatable bonds is 4. The van der Waals surface area contributed by atoms with Crippen LogP contribution in [0.4, 0.5) is 5.69 Å². The predicted octanol–water partition coefficient (Wildman–Crippen LogP) is 2.87. The third-order valence-electron chi connectivity index (χ3n) is 4.35. The van der Waals surface area contributed by atoms with E-state index in [9.17, 15) is 5.26 Å². The van der Waals surface area contributed by atoms with Gasteiger partial charge in [-0.25, -0.2) is 4.98 Å². The van der Waals surface area contributed by atoms with Gasteiger partial charge in [-0.05, 0) is 30.5 Å². The number of para-hydroxylation sites is 1. The molecule has 1 aliphatic rings. The summed E-state index contributed by atoms with van der Waals surface area (Å²) in [6, 6.07) is 16.0. The number of aromatic nitrogens is 1. The molecule has 0 unspecified atom stereocenters. The van der Waals surface area contributed by atoms with Gasteiger partial charge in [0.05, 0.1) is 22.5 Å². The molecule has 0 N–H and O–H groups in total. The van der Waals surface area contributed by atoms with Crippen molar-refractivity contribution in [3.63, 3.8) is 0 Å². The molecule has 0 radical (unpaired) electrons. The van der Waals surface area contributed by atoms with Gasteiger partial charge in [0.15, 0.2) is 0 Å². The molecule has 1 aromatic carbocycles. The highest BCUT2D eigenvalue weighted by atomic mass is 32.2. The number of thioether (sulfide) groups is 1. The van der Waals surface area contributed by atoms with E-state index in [-0.39, 0.29) is 0 Å². The van der Waals surface area contributed by atoms with Gasteiger partial charge >= 0.3 is 0 Å². The molecule has 0 amide bonds. The lowest BCUT2D eigenvalue weighted by molar-refractivity contribution is 0.246. The van der Waals surface area contributed by atoms with Crippen molar-refractivity contribution in [3.05, 3.63) is 53.2 Å². The van der Waals surface area contributed by atoms with Crippen LogP contribution >= 0.6 is 11.8 Å². The van der Waals surface area contributed by atoms with Crippen LogP contribution < -0.4 is 4.90 Å². The number of pyridine rings is 1. The molecule has 1 fully saturated rings. The van der Waals surface area contributed by atoms with E-state index in [4.69, 9.17) is 5.26 Å². The Hall–Kier alpha value is -2.54. The average Bonchev–Trinajstić information content (AvgIpc) is 2.68. The molecule has 2 heterocycles. The Labute approximate surface area is 152 Å². The topological polar surface area (TPSA) is 67.0 Å². The quantitative estimate of drug-likeness (QED) is 0.791. The second-order valence-electron chi connectivity index (χ2n) is 5.86. The zero-order valence-corrected chi connectivity index (χ0v) is 15.0. The summed E-state index contributed by atoms with van der Waals surface area (Å²) >= 11 is 1.51. The van der Waals surface area contributed by atoms with E-state index in [0.29, 0.717) is 5.56 Å². The standard InChI is InChI=1S/C19H19N5S/c1-25-19-16(13-21)6-7-17(22-19)14-23-8-10-24(11-9-23)18-5-3-2-4-15(18)12-20/h2-7H,8-11,14H2,1H3. The summed E-state index contributed by atoms with van der Waals surface area (Å²) in [5.74, 6) is 0. The fraction of sp³-hybridized carbons (Fsp3) is 0.316. The molecule has 1 aromatic heterocycles. The molecule has 126 valence electrons. The third kappa shape index (κ3) is 3.93. The fourth-order valence-corrected chi connectivity index (χ4v) is 3.57. The highest BCUT2D eigenvalue weighted by Gasteiger charge is 2.19. The zero-order chi connectivity index (χ0) is 17.6. The molecule has 0 aliphatic carbocycles. The molecule has 0 atom stereocenters. The second kappa shape index (κ2) is 8.02. The molecule has 0 spiro atoms. The molecule has 25 heavy (non-hydrogen) atoms. The van der Waals surface area contributed by atoms with Crippen LogP contribution in [-0.2, 0) is 6.54 Å². The van der Waals surface area contributed by atoms with E-state index < -0.39 is 0 Å². The monoisotopic (exact) mass is 349 g/mol. The van der Waals surface area contributed by atoms with E-state index in [0.717, 1.165) is 54.7 Å². The first-order chi connectivity index (χ1) is 12.2. The molecule has 2 aromatic rings. The number of nitrogens with zero attached hydrogens (tertiary/aromatic N) is 5. The molecule has 0 bridgehead atoms. The maximum atomic E-state index is 9.27. The molecule has 5 nitrogen and oxygen atoms in total. The Morgan fingerprint density at radius 2 is 1.72 bits per heavy atom. The van der Waals surface area contributed by atoms with Gasteiger partial charge < -0.3 is 4.90 Å². The van der Waals surface area contributed by atoms with Crippen molar-refractivity contribution in [2.75, 3.05) is 37.3 Å². The minimum absolute atomic E-state index is 0.633. The number of piperazine rings is 1. The van der Waals surface area contributed by atoms with Crippen LogP contribution in [0.3, 0.4) is 0 Å². The first-order valence-corrected chi connectivity index (χ1v) is 9.38. The molecule has 6 heteroatoms. The Balaban J connectivity index is 1.64. The first kappa shape index (κ1) is 17.3. The maximum absolute atomic E-state index is 9.27. The largest absolute Gasteiger partial charge is 0.368 e. The summed E-state index contributed by atoms with van der Waals surface area (Å²) in [6.45, 7) is 4.42. The summed E-state index contributed by atoms with van der Waals surface area (Å²) < 4.78 is 0. The number of hydrogen-bond donors (Lipinski definition) is 0. The minimum atomic E-state index is 0.633. The van der Waals surface area contributed by atoms with Crippen molar-refractivity contribution in [1.29, 1.82) is 10.5 Å². The Morgan fingerprint density at radius 1 is 1.00 bits per heavy atom. The SMILES string of the molecule is CSc1nc(CN2CCN(c3ccccc3C#N)CC2)ccc1C#N. The number of benzene rings is 1. The number of hydrogen-bond acceptors (Lipinski definition) is 6. The van der Waals surface area contributed by atoms with Crippen LogP contribution in [0.1, 0.15) is 16.8 Å². The van der Waals surface area contributed by atoms with Crippen LogP contribution in [0.25, 0.3) is 0 Å². The summed E-state index contributed by atoms with van der Waals surface area (Å²) in [6.07, 6.45) is 1.94. The van der Waals surface area contributed by atoms with E-state index in [1.54, 1.807) is 0 Å². The van der Waals surface area contributed by atoms with Gasteiger partial charge in [0.1, 0.15) is 17.2 Å². The van der Waals surface area contributed by atoms with Crippen LogP contribution in [0.5, 0.6) is 0 Å². The van der Waals surface area contributed by atoms with Crippen molar-refractivity contribution >= 4 is 17.4 Å². The summed E-state index contributed by atoms with van der Waals surface area (Å²) in [7, 11) is 0. The summed E-state index contributed by atoms with van der Waals surface area (Å²) in [4.78, 5) is 9.24. The zero-order valence-electron chi connectivity index (χ0n) is 14.1. The fourth-order valence-electron chi connectivity index (χ4n) is 3.03. The first-order valence-electron chi connectivity index (χ1n) is 8.15. The Bertz CT molecular complexity index is 828. The molecule has 0 saturated carbocycles. The van der Waals surface area contributed by atoms with E-state index in [2.05, 4.69) is 26.9 Å². The lowest BCUT2D eigenvalue weighted by Gasteiger charge is -2.36. The maximum Gasteiger partial charge on any atom is 0.114 e. The van der Waals surface area contributed by atoms with Gasteiger partial charge in [-0.15, -0.1) is 11.8 Å². The lowest BCUT2D eigenvalue weighted by Crippen LogP contribution is -2.46. The van der Waals surface area contributed by atoms with Crippen molar-refractivity contribution < 1.29 is 0 Å². The summed E-state index contributed by atoms with van der Waals surface area (Å²) in [5, 5.41) is 19.2. The van der Waals surface area contributed by atoms with E-state index >= 15 is 0 Å². The normalized spacial score (nSPS) is 14.8. The van der Waals surface area contributed by atoms with Gasteiger partial charge in [0.2, 0.25) is 0 Å². The average molecular weight is 349 g/mol. The van der Waals surface area contributed by atoms with Crippen LogP contribution in [0, 0.1) is 22.7 Å². The van der Waals surface area contributed by atoms with Gasteiger partial charge in [0.25, 0.3) is 0 Å². The van der Waals surface area contributed by atoms with Crippen LogP contribution in [-0.4, -0.2) is 42.3 Å². The van der Waals surface area contributed by atoms with Crippen molar-refractivity contribution in [2.45, 2.75) is 11.6 Å². The van der Waals surface area contributed by atoms with Gasteiger partial charge in [-0.2, -0.15) is 10.5 Å². The Morgan fingerprint density at radius 3 is 2.40 bits per heavy atom. The van der Waals surface area contributed by atoms with E-state index in [1.165, 1.54) is 11.8 Å². The van der Waals surface area contributed by atoms with Crippen LogP contribution in [0.2, 0.25) is 0 Å². The molecule has 1 aliphatic heterocycles. The third-order valence-corrected chi connectivity index (χ3v) is 5.05. The van der Waals surface area contributed by atoms with Crippen molar-refractivity contribution in [1.82, 2.24) is 9.88 Å². The molecular weight excluding hydrogens is 330 g/mol. The number of nitriles is 2. The second-order valence-corrected chi connectivity index (χ2v) is 6.66. The smallest absolute Gasteiger partial charge is 0.114 e. The van der Waals surface area contributed by atoms with Crippen molar-refractivity contribution in [2.24, 2.45) is 0 Å². The molecule has 1 saturated heterocycles. The van der Waals surface area contributed by atoms with Crippen molar-refractivity contribution in [3.8, 4) is 12.1 Å². The van der Waals surface area contributed by atoms with Gasteiger partial charge in [-0.3, -0.25) is 4.90 Å². The highest BCUT2D eigenvalue weighted by molar-refractivity contribution is 7.98. The van der Waals surface area contributed by atoms with E-state index in [1.807, 2.05) is 42.7 Å². The molecular formula is C19H19N5S. The van der Waals surface area contributed by atoms with Gasteiger partial charge in [0, 0.05) is 32.7 Å². The summed E-state index contributed by atoms with van der Waals surface area (Å²) in [5.41, 5.74) is 3.38. The Kier molecular flexibility index (Phi) is 5.55. The predicted molar refractivity (Wildman–Crippen MR) is 99.4 cm³/mol. The lowest BCUT2D eigenvalue weighted by atomic mass is 10.1. The van der Waals surface area contributed by atoms with Crippen LogP contribution in [0.15, 0.2) is 41.4 Å². The number of anilines is 1.